The second kappa shape index (κ2) is 4.07. The highest BCUT2D eigenvalue weighted by Gasteiger charge is 2.37. The van der Waals surface area contributed by atoms with E-state index in [-0.39, 0.29) is 22.7 Å². The number of nitrogens with one attached hydrogen (secondary N) is 1. The van der Waals surface area contributed by atoms with E-state index in [1.807, 2.05) is 25.7 Å². The topological polar surface area (TPSA) is 61.9 Å². The summed E-state index contributed by atoms with van der Waals surface area (Å²) < 4.78 is 0. The zero-order valence-corrected chi connectivity index (χ0v) is 11.9. The molecule has 0 saturated carbocycles. The number of nitrogens with zero attached hydrogens (tertiary/aromatic N) is 3. The number of H-pyrrole nitrogens is 1. The molecule has 1 fully saturated rings. The van der Waals surface area contributed by atoms with Crippen molar-refractivity contribution < 1.29 is 4.79 Å². The lowest BCUT2D eigenvalue weighted by Gasteiger charge is -2.30. The summed E-state index contributed by atoms with van der Waals surface area (Å²) in [7, 11) is 0. The molecule has 18 heavy (non-hydrogen) atoms. The van der Waals surface area contributed by atoms with Gasteiger partial charge in [-0.15, -0.1) is 5.10 Å². The van der Waals surface area contributed by atoms with Crippen LogP contribution in [0.15, 0.2) is 0 Å². The van der Waals surface area contributed by atoms with E-state index in [0.29, 0.717) is 0 Å². The lowest BCUT2D eigenvalue weighted by molar-refractivity contribution is 0.0639. The van der Waals surface area contributed by atoms with E-state index in [4.69, 9.17) is 0 Å². The predicted octanol–water partition coefficient (Wildman–Crippen LogP) is 2.12. The van der Waals surface area contributed by atoms with Gasteiger partial charge in [-0.2, -0.15) is 0 Å². The van der Waals surface area contributed by atoms with Crippen LogP contribution in [0.25, 0.3) is 0 Å². The van der Waals surface area contributed by atoms with Crippen molar-refractivity contribution in [3.8, 4) is 0 Å². The van der Waals surface area contributed by atoms with E-state index in [1.165, 1.54) is 0 Å². The molecule has 2 rings (SSSR count). The number of hydrogen-bond donors (Lipinski definition) is 1. The Bertz CT molecular complexity index is 456. The Morgan fingerprint density at radius 2 is 2.06 bits per heavy atom. The Hall–Kier alpha value is -1.39. The highest BCUT2D eigenvalue weighted by Crippen LogP contribution is 2.29. The fraction of sp³-hybridized carbons (Fsp3) is 0.769. The monoisotopic (exact) mass is 250 g/mol. The number of likely N-dealkylation sites (tertiary alicyclic amines) is 1. The molecular formula is C13H22N4O. The van der Waals surface area contributed by atoms with Crippen LogP contribution in [0.4, 0.5) is 0 Å². The standard InChI is InChI=1S/C13H22N4O/c1-12(2,3)11-14-9(15-16-11)10(18)17-8-6-7-13(17,4)5/h6-8H2,1-5H3,(H,14,15,16). The molecule has 0 radical (unpaired) electrons. The van der Waals surface area contributed by atoms with Crippen LogP contribution in [-0.2, 0) is 5.41 Å². The number of rotatable bonds is 1. The summed E-state index contributed by atoms with van der Waals surface area (Å²) in [5.41, 5.74) is -0.203. The third kappa shape index (κ3) is 2.26. The van der Waals surface area contributed by atoms with Gasteiger partial charge < -0.3 is 4.90 Å². The van der Waals surface area contributed by atoms with Crippen molar-refractivity contribution in [3.63, 3.8) is 0 Å². The molecule has 1 aliphatic heterocycles. The van der Waals surface area contributed by atoms with Gasteiger partial charge in [0.2, 0.25) is 5.82 Å². The van der Waals surface area contributed by atoms with Crippen molar-refractivity contribution >= 4 is 5.91 Å². The molecule has 1 aromatic heterocycles. The van der Waals surface area contributed by atoms with Crippen molar-refractivity contribution in [2.75, 3.05) is 6.54 Å². The first-order valence-electron chi connectivity index (χ1n) is 6.47. The van der Waals surface area contributed by atoms with Crippen LogP contribution in [-0.4, -0.2) is 38.1 Å². The SMILES string of the molecule is CC(C)(C)c1nc(C(=O)N2CCCC2(C)C)n[nH]1. The number of amides is 1. The molecule has 1 N–H and O–H groups in total. The number of carbonyl (C=O) groups is 1. The minimum Gasteiger partial charge on any atom is -0.331 e. The van der Waals surface area contributed by atoms with Crippen molar-refractivity contribution in [2.24, 2.45) is 0 Å². The average molecular weight is 250 g/mol. The summed E-state index contributed by atoms with van der Waals surface area (Å²) in [5.74, 6) is 0.974. The molecule has 2 heterocycles. The molecule has 1 aromatic rings. The van der Waals surface area contributed by atoms with E-state index < -0.39 is 0 Å². The quantitative estimate of drug-likeness (QED) is 0.830. The van der Waals surface area contributed by atoms with Gasteiger partial charge in [0.1, 0.15) is 5.82 Å². The predicted molar refractivity (Wildman–Crippen MR) is 69.4 cm³/mol. The summed E-state index contributed by atoms with van der Waals surface area (Å²) in [6.45, 7) is 11.1. The summed E-state index contributed by atoms with van der Waals surface area (Å²) in [4.78, 5) is 18.6. The van der Waals surface area contributed by atoms with Crippen molar-refractivity contribution in [1.82, 2.24) is 20.1 Å². The lowest BCUT2D eigenvalue weighted by atomic mass is 9.96. The van der Waals surface area contributed by atoms with E-state index >= 15 is 0 Å². The second-order valence-corrected chi connectivity index (χ2v) is 6.63. The molecule has 5 nitrogen and oxygen atoms in total. The van der Waals surface area contributed by atoms with Gasteiger partial charge in [-0.1, -0.05) is 20.8 Å². The van der Waals surface area contributed by atoms with Crippen LogP contribution >= 0.6 is 0 Å². The first-order valence-corrected chi connectivity index (χ1v) is 6.47. The summed E-state index contributed by atoms with van der Waals surface area (Å²) in [5, 5.41) is 6.93. The van der Waals surface area contributed by atoms with Crippen LogP contribution in [0.3, 0.4) is 0 Å². The molecule has 0 unspecified atom stereocenters. The summed E-state index contributed by atoms with van der Waals surface area (Å²) in [6, 6.07) is 0. The van der Waals surface area contributed by atoms with Crippen molar-refractivity contribution in [2.45, 2.75) is 58.4 Å². The van der Waals surface area contributed by atoms with Crippen LogP contribution in [0.5, 0.6) is 0 Å². The van der Waals surface area contributed by atoms with E-state index in [2.05, 4.69) is 29.0 Å². The largest absolute Gasteiger partial charge is 0.331 e. The molecule has 5 heteroatoms. The average Bonchev–Trinajstić information content (AvgIpc) is 2.81. The van der Waals surface area contributed by atoms with Crippen LogP contribution in [0.1, 0.15) is 63.9 Å². The van der Waals surface area contributed by atoms with Crippen LogP contribution in [0, 0.1) is 0 Å². The molecular weight excluding hydrogens is 228 g/mol. The van der Waals surface area contributed by atoms with Crippen LogP contribution < -0.4 is 0 Å². The van der Waals surface area contributed by atoms with Crippen molar-refractivity contribution in [3.05, 3.63) is 11.6 Å². The minimum atomic E-state index is -0.119. The lowest BCUT2D eigenvalue weighted by Crippen LogP contribution is -2.43. The Kier molecular flexibility index (Phi) is 2.95. The number of aromatic amines is 1. The normalized spacial score (nSPS) is 19.3. The fourth-order valence-corrected chi connectivity index (χ4v) is 2.30. The second-order valence-electron chi connectivity index (χ2n) is 6.63. The molecule has 1 aliphatic rings. The number of aromatic nitrogens is 3. The van der Waals surface area contributed by atoms with E-state index in [9.17, 15) is 4.79 Å². The molecule has 100 valence electrons. The number of hydrogen-bond acceptors (Lipinski definition) is 3. The smallest absolute Gasteiger partial charge is 0.293 e. The Balaban J connectivity index is 2.22. The van der Waals surface area contributed by atoms with Gasteiger partial charge in [0.15, 0.2) is 0 Å². The molecule has 0 bridgehead atoms. The number of carbonyl (C=O) groups excluding carboxylic acids is 1. The zero-order chi connectivity index (χ0) is 13.6. The summed E-state index contributed by atoms with van der Waals surface area (Å²) in [6.07, 6.45) is 2.09. The highest BCUT2D eigenvalue weighted by atomic mass is 16.2. The van der Waals surface area contributed by atoms with Gasteiger partial charge in [-0.05, 0) is 26.7 Å². The summed E-state index contributed by atoms with van der Waals surface area (Å²) >= 11 is 0. The highest BCUT2D eigenvalue weighted by molar-refractivity contribution is 5.91. The third-order valence-electron chi connectivity index (χ3n) is 3.53. The van der Waals surface area contributed by atoms with E-state index in [1.54, 1.807) is 0 Å². The Morgan fingerprint density at radius 1 is 1.39 bits per heavy atom. The van der Waals surface area contributed by atoms with Gasteiger partial charge in [-0.3, -0.25) is 9.89 Å². The van der Waals surface area contributed by atoms with Gasteiger partial charge in [-0.25, -0.2) is 4.98 Å². The fourth-order valence-electron chi connectivity index (χ4n) is 2.30. The maximum atomic E-state index is 12.4. The van der Waals surface area contributed by atoms with Crippen molar-refractivity contribution in [1.29, 1.82) is 0 Å². The Labute approximate surface area is 108 Å². The Morgan fingerprint density at radius 3 is 2.50 bits per heavy atom. The van der Waals surface area contributed by atoms with Gasteiger partial charge >= 0.3 is 0 Å². The van der Waals surface area contributed by atoms with Gasteiger partial charge in [0.05, 0.1) is 0 Å². The first kappa shape index (κ1) is 13.1. The molecule has 0 atom stereocenters. The maximum Gasteiger partial charge on any atom is 0.293 e. The van der Waals surface area contributed by atoms with Crippen LogP contribution in [0.2, 0.25) is 0 Å². The van der Waals surface area contributed by atoms with Gasteiger partial charge in [0.25, 0.3) is 5.91 Å². The molecule has 1 amide bonds. The minimum absolute atomic E-state index is 0.0655. The first-order chi connectivity index (χ1) is 8.22. The maximum absolute atomic E-state index is 12.4. The molecule has 0 spiro atoms. The molecule has 0 aromatic carbocycles. The molecule has 0 aliphatic carbocycles. The third-order valence-corrected chi connectivity index (χ3v) is 3.53. The zero-order valence-electron chi connectivity index (χ0n) is 11.9. The van der Waals surface area contributed by atoms with E-state index in [0.717, 1.165) is 25.2 Å². The molecule has 1 saturated heterocycles. The van der Waals surface area contributed by atoms with Gasteiger partial charge in [0, 0.05) is 17.5 Å².